The molecule has 3 aliphatic rings. The number of hydrogen-bond acceptors (Lipinski definition) is 3. The lowest BCUT2D eigenvalue weighted by molar-refractivity contribution is -0.152. The van der Waals surface area contributed by atoms with E-state index in [2.05, 4.69) is 30.8 Å². The summed E-state index contributed by atoms with van der Waals surface area (Å²) in [5.74, 6) is 0. The molecule has 0 bridgehead atoms. The minimum absolute atomic E-state index is 0.00779. The summed E-state index contributed by atoms with van der Waals surface area (Å²) in [6.45, 7) is 5.75. The van der Waals surface area contributed by atoms with E-state index < -0.39 is 6.10 Å². The third-order valence-electron chi connectivity index (χ3n) is 6.45. The number of hydrogen-bond donors (Lipinski definition) is 1. The van der Waals surface area contributed by atoms with Crippen LogP contribution in [0, 0.1) is 5.41 Å². The minimum atomic E-state index is -0.529. The summed E-state index contributed by atoms with van der Waals surface area (Å²) in [6.07, 6.45) is 7.71. The molecule has 1 aliphatic carbocycles. The Morgan fingerprint density at radius 1 is 1.29 bits per heavy atom. The van der Waals surface area contributed by atoms with E-state index >= 15 is 0 Å². The van der Waals surface area contributed by atoms with Crippen LogP contribution in [0.5, 0.6) is 0 Å². The first-order valence-corrected chi connectivity index (χ1v) is 9.30. The summed E-state index contributed by atoms with van der Waals surface area (Å²) in [5.41, 5.74) is 0.838. The number of ether oxygens (including phenoxy) is 2. The van der Waals surface area contributed by atoms with Crippen LogP contribution >= 0.6 is 0 Å². The van der Waals surface area contributed by atoms with Gasteiger partial charge in [-0.15, -0.1) is 6.58 Å². The third-order valence-corrected chi connectivity index (χ3v) is 6.45. The van der Waals surface area contributed by atoms with Crippen LogP contribution in [0.4, 0.5) is 0 Å². The molecule has 2 heterocycles. The lowest BCUT2D eigenvalue weighted by atomic mass is 9.58. The molecule has 130 valence electrons. The number of aliphatic hydroxyl groups is 1. The van der Waals surface area contributed by atoms with E-state index in [-0.39, 0.29) is 29.3 Å². The molecule has 24 heavy (non-hydrogen) atoms. The van der Waals surface area contributed by atoms with Crippen molar-refractivity contribution in [3.8, 4) is 0 Å². The van der Waals surface area contributed by atoms with Crippen LogP contribution in [0.15, 0.2) is 43.0 Å². The largest absolute Gasteiger partial charge is 0.391 e. The first-order valence-electron chi connectivity index (χ1n) is 9.30. The van der Waals surface area contributed by atoms with Crippen molar-refractivity contribution in [2.75, 3.05) is 0 Å². The fourth-order valence-corrected chi connectivity index (χ4v) is 5.67. The van der Waals surface area contributed by atoms with Gasteiger partial charge >= 0.3 is 0 Å². The van der Waals surface area contributed by atoms with E-state index in [0.29, 0.717) is 0 Å². The molecule has 0 radical (unpaired) electrons. The summed E-state index contributed by atoms with van der Waals surface area (Å²) < 4.78 is 13.2. The van der Waals surface area contributed by atoms with Crippen molar-refractivity contribution >= 4 is 0 Å². The van der Waals surface area contributed by atoms with Crippen LogP contribution in [0.3, 0.4) is 0 Å². The topological polar surface area (TPSA) is 38.7 Å². The molecule has 4 rings (SSSR count). The molecule has 1 N–H and O–H groups in total. The van der Waals surface area contributed by atoms with Crippen LogP contribution in [0.2, 0.25) is 0 Å². The molecule has 1 saturated carbocycles. The van der Waals surface area contributed by atoms with Gasteiger partial charge in [-0.05, 0) is 38.2 Å². The maximum atomic E-state index is 10.5. The molecule has 0 spiro atoms. The molecular formula is C21H28O3. The summed E-state index contributed by atoms with van der Waals surface area (Å²) in [7, 11) is 0. The quantitative estimate of drug-likeness (QED) is 0.843. The Hall–Kier alpha value is -1.16. The molecule has 0 aromatic heterocycles. The van der Waals surface area contributed by atoms with Crippen molar-refractivity contribution in [1.29, 1.82) is 0 Å². The van der Waals surface area contributed by atoms with Crippen LogP contribution in [-0.4, -0.2) is 29.0 Å². The lowest BCUT2D eigenvalue weighted by Crippen LogP contribution is -2.54. The van der Waals surface area contributed by atoms with Crippen LogP contribution < -0.4 is 0 Å². The first-order chi connectivity index (χ1) is 11.6. The smallest absolute Gasteiger partial charge is 0.113 e. The maximum Gasteiger partial charge on any atom is 0.113 e. The van der Waals surface area contributed by atoms with Crippen LogP contribution in [0.25, 0.3) is 0 Å². The van der Waals surface area contributed by atoms with Crippen molar-refractivity contribution in [2.45, 2.75) is 75.5 Å². The summed E-state index contributed by atoms with van der Waals surface area (Å²) in [4.78, 5) is 0. The molecule has 2 saturated heterocycles. The van der Waals surface area contributed by atoms with E-state index in [1.807, 2.05) is 19.1 Å². The second-order valence-corrected chi connectivity index (χ2v) is 7.81. The normalized spacial score (nSPS) is 42.3. The van der Waals surface area contributed by atoms with Crippen LogP contribution in [0.1, 0.15) is 57.1 Å². The van der Waals surface area contributed by atoms with E-state index in [0.717, 1.165) is 32.1 Å². The van der Waals surface area contributed by atoms with Crippen molar-refractivity contribution in [3.05, 3.63) is 48.6 Å². The molecule has 3 nitrogen and oxygen atoms in total. The fraction of sp³-hybridized carbons (Fsp3) is 0.619. The Bertz CT molecular complexity index is 598. The Morgan fingerprint density at radius 2 is 2.04 bits per heavy atom. The Kier molecular flexibility index (Phi) is 4.06. The van der Waals surface area contributed by atoms with Gasteiger partial charge in [0, 0.05) is 5.41 Å². The standard InChI is InChI=1S/C21H28O3/c1-3-9-17-14-20-12-7-8-13-21(20,24-17)18(15(2)22)23-19(20)16-10-5-4-6-11-16/h3-6,10-11,15,17-19,22H,1,7-9,12-14H2,2H3/t15?,17-,18+,19-,20+,21-/m1/s1. The predicted octanol–water partition coefficient (Wildman–Crippen LogP) is 4.17. The van der Waals surface area contributed by atoms with Gasteiger partial charge in [0.15, 0.2) is 0 Å². The number of benzene rings is 1. The number of aliphatic hydroxyl groups excluding tert-OH is 1. The minimum Gasteiger partial charge on any atom is -0.391 e. The van der Waals surface area contributed by atoms with Gasteiger partial charge in [-0.3, -0.25) is 0 Å². The van der Waals surface area contributed by atoms with Crippen LogP contribution in [-0.2, 0) is 9.47 Å². The Morgan fingerprint density at radius 3 is 2.75 bits per heavy atom. The van der Waals surface area contributed by atoms with Gasteiger partial charge in [0.05, 0.1) is 18.3 Å². The highest BCUT2D eigenvalue weighted by molar-refractivity contribution is 5.29. The SMILES string of the molecule is C=CC[C@@H]1C[C@]23CCCC[C@@]2(O1)[C@H](C(C)O)O[C@@H]3c1ccccc1. The monoisotopic (exact) mass is 328 g/mol. The van der Waals surface area contributed by atoms with Crippen molar-refractivity contribution in [2.24, 2.45) is 5.41 Å². The molecule has 1 aromatic carbocycles. The molecular weight excluding hydrogens is 300 g/mol. The summed E-state index contributed by atoms with van der Waals surface area (Å²) >= 11 is 0. The molecule has 1 unspecified atom stereocenters. The molecule has 1 aromatic rings. The van der Waals surface area contributed by atoms with Gasteiger partial charge in [0.1, 0.15) is 11.7 Å². The molecule has 2 aliphatic heterocycles. The van der Waals surface area contributed by atoms with E-state index in [9.17, 15) is 5.11 Å². The predicted molar refractivity (Wildman–Crippen MR) is 93.7 cm³/mol. The average Bonchev–Trinajstić information content (AvgIpc) is 3.05. The van der Waals surface area contributed by atoms with E-state index in [1.54, 1.807) is 0 Å². The zero-order valence-electron chi connectivity index (χ0n) is 14.5. The van der Waals surface area contributed by atoms with Gasteiger partial charge in [-0.25, -0.2) is 0 Å². The maximum absolute atomic E-state index is 10.5. The Balaban J connectivity index is 1.81. The highest BCUT2D eigenvalue weighted by atomic mass is 16.6. The second kappa shape index (κ2) is 5.98. The fourth-order valence-electron chi connectivity index (χ4n) is 5.67. The van der Waals surface area contributed by atoms with Gasteiger partial charge in [0.25, 0.3) is 0 Å². The zero-order valence-corrected chi connectivity index (χ0v) is 14.5. The van der Waals surface area contributed by atoms with E-state index in [1.165, 1.54) is 12.0 Å². The van der Waals surface area contributed by atoms with Crippen molar-refractivity contribution in [3.63, 3.8) is 0 Å². The zero-order chi connectivity index (χ0) is 16.8. The molecule has 3 fully saturated rings. The molecule has 0 amide bonds. The Labute approximate surface area is 144 Å². The summed E-state index contributed by atoms with van der Waals surface area (Å²) in [5, 5.41) is 10.5. The average molecular weight is 328 g/mol. The second-order valence-electron chi connectivity index (χ2n) is 7.81. The van der Waals surface area contributed by atoms with E-state index in [4.69, 9.17) is 9.47 Å². The van der Waals surface area contributed by atoms with Gasteiger partial charge < -0.3 is 14.6 Å². The van der Waals surface area contributed by atoms with Gasteiger partial charge in [-0.2, -0.15) is 0 Å². The third kappa shape index (κ3) is 2.15. The molecule has 6 atom stereocenters. The first kappa shape index (κ1) is 16.3. The van der Waals surface area contributed by atoms with Crippen molar-refractivity contribution < 1.29 is 14.6 Å². The summed E-state index contributed by atoms with van der Waals surface area (Å²) in [6, 6.07) is 10.5. The molecule has 3 heteroatoms. The lowest BCUT2D eigenvalue weighted by Gasteiger charge is -2.46. The number of rotatable bonds is 4. The van der Waals surface area contributed by atoms with Crippen molar-refractivity contribution in [1.82, 2.24) is 0 Å². The van der Waals surface area contributed by atoms with Gasteiger partial charge in [0.2, 0.25) is 0 Å². The van der Waals surface area contributed by atoms with Gasteiger partial charge in [-0.1, -0.05) is 49.2 Å². The highest BCUT2D eigenvalue weighted by Gasteiger charge is 2.72. The highest BCUT2D eigenvalue weighted by Crippen LogP contribution is 2.69.